The molecule has 0 radical (unpaired) electrons. The summed E-state index contributed by atoms with van der Waals surface area (Å²) in [6.07, 6.45) is 0.954. The van der Waals surface area contributed by atoms with Crippen LogP contribution in [0.5, 0.6) is 5.75 Å². The Balaban J connectivity index is 1.90. The molecule has 31 heavy (non-hydrogen) atoms. The third-order valence-corrected chi connectivity index (χ3v) is 7.27. The molecular weight excluding hydrogens is 418 g/mol. The predicted molar refractivity (Wildman–Crippen MR) is 117 cm³/mol. The van der Waals surface area contributed by atoms with Crippen molar-refractivity contribution >= 4 is 27.5 Å². The second-order valence-corrected chi connectivity index (χ2v) is 9.45. The number of piperidine rings is 1. The molecule has 166 valence electrons. The number of hydrogen-bond acceptors (Lipinski definition) is 5. The Labute approximate surface area is 182 Å². The molecule has 1 fully saturated rings. The summed E-state index contributed by atoms with van der Waals surface area (Å²) in [5.41, 5.74) is 6.63. The first-order chi connectivity index (χ1) is 14.7. The van der Waals surface area contributed by atoms with E-state index < -0.39 is 10.0 Å². The van der Waals surface area contributed by atoms with Crippen molar-refractivity contribution < 1.29 is 22.7 Å². The van der Waals surface area contributed by atoms with Gasteiger partial charge in [-0.2, -0.15) is 0 Å². The van der Waals surface area contributed by atoms with E-state index in [1.54, 1.807) is 41.3 Å². The van der Waals surface area contributed by atoms with Crippen LogP contribution in [0.2, 0.25) is 0 Å². The minimum absolute atomic E-state index is 0.0983. The van der Waals surface area contributed by atoms with Crippen molar-refractivity contribution in [1.82, 2.24) is 4.90 Å². The van der Waals surface area contributed by atoms with E-state index in [1.165, 1.54) is 19.2 Å². The molecule has 3 rings (SSSR count). The van der Waals surface area contributed by atoms with Gasteiger partial charge in [-0.25, -0.2) is 8.42 Å². The monoisotopic (exact) mass is 445 g/mol. The van der Waals surface area contributed by atoms with E-state index in [9.17, 15) is 18.0 Å². The van der Waals surface area contributed by atoms with Crippen LogP contribution < -0.4 is 14.8 Å². The van der Waals surface area contributed by atoms with Crippen LogP contribution >= 0.6 is 0 Å². The number of nitrogens with zero attached hydrogens (tertiary/aromatic N) is 2. The fourth-order valence-corrected chi connectivity index (χ4v) is 4.96. The van der Waals surface area contributed by atoms with Gasteiger partial charge in [0.15, 0.2) is 0 Å². The number of primary amides is 1. The summed E-state index contributed by atoms with van der Waals surface area (Å²) in [5.74, 6) is -0.473. The highest BCUT2D eigenvalue weighted by Crippen LogP contribution is 2.28. The van der Waals surface area contributed by atoms with Crippen LogP contribution in [0.15, 0.2) is 53.4 Å². The fourth-order valence-electron chi connectivity index (χ4n) is 3.55. The zero-order valence-electron chi connectivity index (χ0n) is 17.7. The lowest BCUT2D eigenvalue weighted by atomic mass is 9.96. The van der Waals surface area contributed by atoms with Gasteiger partial charge in [-0.05, 0) is 44.0 Å². The highest BCUT2D eigenvalue weighted by Gasteiger charge is 2.31. The number of carbonyl (C=O) groups excluding carboxylic acids is 2. The van der Waals surface area contributed by atoms with Crippen molar-refractivity contribution in [2.24, 2.45) is 11.7 Å². The topological polar surface area (TPSA) is 110 Å². The summed E-state index contributed by atoms with van der Waals surface area (Å²) in [4.78, 5) is 26.1. The Kier molecular flexibility index (Phi) is 6.84. The Morgan fingerprint density at radius 2 is 1.77 bits per heavy atom. The number of methoxy groups -OCH3 is 1. The molecule has 8 nitrogen and oxygen atoms in total. The Hall–Kier alpha value is -3.07. The third kappa shape index (κ3) is 5.16. The van der Waals surface area contributed by atoms with Gasteiger partial charge in [0.25, 0.3) is 10.0 Å². The number of hydrogen-bond donors (Lipinski definition) is 1. The number of anilines is 1. The first-order valence-corrected chi connectivity index (χ1v) is 11.5. The average Bonchev–Trinajstić information content (AvgIpc) is 2.77. The van der Waals surface area contributed by atoms with Crippen LogP contribution in [0, 0.1) is 12.8 Å². The number of carbonyl (C=O) groups is 2. The average molecular weight is 446 g/mol. The predicted octanol–water partition coefficient (Wildman–Crippen LogP) is 1.92. The molecule has 2 aromatic rings. The van der Waals surface area contributed by atoms with E-state index in [-0.39, 0.29) is 29.2 Å². The number of nitrogens with two attached hydrogens (primary N) is 1. The van der Waals surface area contributed by atoms with Crippen molar-refractivity contribution in [3.05, 3.63) is 54.1 Å². The Bertz CT molecular complexity index is 1050. The Morgan fingerprint density at radius 1 is 1.13 bits per heavy atom. The number of likely N-dealkylation sites (tertiary alicyclic amines) is 1. The van der Waals surface area contributed by atoms with Crippen molar-refractivity contribution in [3.63, 3.8) is 0 Å². The molecule has 1 heterocycles. The van der Waals surface area contributed by atoms with E-state index in [2.05, 4.69) is 0 Å². The molecular formula is C22H27N3O5S. The minimum Gasteiger partial charge on any atom is -0.497 e. The number of rotatable bonds is 7. The quantitative estimate of drug-likeness (QED) is 0.700. The van der Waals surface area contributed by atoms with Crippen molar-refractivity contribution in [2.45, 2.75) is 24.7 Å². The van der Waals surface area contributed by atoms with Gasteiger partial charge in [0.1, 0.15) is 12.3 Å². The summed E-state index contributed by atoms with van der Waals surface area (Å²) < 4.78 is 33.2. The molecule has 0 unspecified atom stereocenters. The number of benzene rings is 2. The smallest absolute Gasteiger partial charge is 0.264 e. The van der Waals surface area contributed by atoms with E-state index in [0.717, 1.165) is 9.87 Å². The van der Waals surface area contributed by atoms with Crippen molar-refractivity contribution in [1.29, 1.82) is 0 Å². The molecule has 0 aromatic heterocycles. The van der Waals surface area contributed by atoms with Crippen LogP contribution in [0.1, 0.15) is 18.4 Å². The van der Waals surface area contributed by atoms with Gasteiger partial charge < -0.3 is 15.4 Å². The van der Waals surface area contributed by atoms with Gasteiger partial charge in [0.2, 0.25) is 11.8 Å². The van der Waals surface area contributed by atoms with Crippen LogP contribution in [0.3, 0.4) is 0 Å². The second kappa shape index (κ2) is 9.38. The van der Waals surface area contributed by atoms with E-state index in [1.807, 2.05) is 6.92 Å². The van der Waals surface area contributed by atoms with Crippen molar-refractivity contribution in [2.75, 3.05) is 31.0 Å². The Morgan fingerprint density at radius 3 is 2.35 bits per heavy atom. The second-order valence-electron chi connectivity index (χ2n) is 7.58. The van der Waals surface area contributed by atoms with Gasteiger partial charge in [-0.3, -0.25) is 13.9 Å². The fraction of sp³-hybridized carbons (Fsp3) is 0.364. The maximum atomic E-state index is 13.5. The highest BCUT2D eigenvalue weighted by molar-refractivity contribution is 7.92. The molecule has 9 heteroatoms. The molecule has 1 aliphatic rings. The van der Waals surface area contributed by atoms with Crippen LogP contribution in [0.25, 0.3) is 0 Å². The summed E-state index contributed by atoms with van der Waals surface area (Å²) in [7, 11) is -2.51. The van der Waals surface area contributed by atoms with E-state index in [4.69, 9.17) is 10.5 Å². The number of aryl methyl sites for hydroxylation is 1. The maximum Gasteiger partial charge on any atom is 0.264 e. The summed E-state index contributed by atoms with van der Waals surface area (Å²) >= 11 is 0. The number of amides is 2. The van der Waals surface area contributed by atoms with Gasteiger partial charge in [0, 0.05) is 25.1 Å². The molecule has 1 saturated heterocycles. The van der Waals surface area contributed by atoms with Crippen LogP contribution in [-0.2, 0) is 19.6 Å². The SMILES string of the molecule is COc1cccc(N(CC(=O)N2CCC(C(N)=O)CC2)S(=O)(=O)c2ccc(C)cc2)c1. The van der Waals surface area contributed by atoms with Gasteiger partial charge in [0.05, 0.1) is 17.7 Å². The summed E-state index contributed by atoms with van der Waals surface area (Å²) in [5, 5.41) is 0. The molecule has 0 bridgehead atoms. The largest absolute Gasteiger partial charge is 0.497 e. The normalized spacial score (nSPS) is 14.8. The number of ether oxygens (including phenoxy) is 1. The van der Waals surface area contributed by atoms with Crippen LogP contribution in [-0.4, -0.2) is 51.9 Å². The highest BCUT2D eigenvalue weighted by atomic mass is 32.2. The lowest BCUT2D eigenvalue weighted by Gasteiger charge is -2.33. The third-order valence-electron chi connectivity index (χ3n) is 5.48. The molecule has 2 aromatic carbocycles. The maximum absolute atomic E-state index is 13.5. The van der Waals surface area contributed by atoms with Crippen molar-refractivity contribution in [3.8, 4) is 5.75 Å². The summed E-state index contributed by atoms with van der Waals surface area (Å²) in [6, 6.07) is 13.1. The zero-order chi connectivity index (χ0) is 22.6. The lowest BCUT2D eigenvalue weighted by molar-refractivity contribution is -0.133. The van der Waals surface area contributed by atoms with E-state index >= 15 is 0 Å². The molecule has 2 N–H and O–H groups in total. The van der Waals surface area contributed by atoms with Gasteiger partial charge in [-0.15, -0.1) is 0 Å². The molecule has 0 spiro atoms. The van der Waals surface area contributed by atoms with E-state index in [0.29, 0.717) is 37.4 Å². The van der Waals surface area contributed by atoms with Crippen LogP contribution in [0.4, 0.5) is 5.69 Å². The van der Waals surface area contributed by atoms with Gasteiger partial charge >= 0.3 is 0 Å². The summed E-state index contributed by atoms with van der Waals surface area (Å²) in [6.45, 7) is 2.24. The first-order valence-electron chi connectivity index (χ1n) is 10.0. The lowest BCUT2D eigenvalue weighted by Crippen LogP contribution is -2.47. The zero-order valence-corrected chi connectivity index (χ0v) is 18.5. The molecule has 2 amide bonds. The molecule has 0 saturated carbocycles. The molecule has 0 aliphatic carbocycles. The minimum atomic E-state index is -4.00. The molecule has 1 aliphatic heterocycles. The van der Waals surface area contributed by atoms with Gasteiger partial charge in [-0.1, -0.05) is 23.8 Å². The standard InChI is InChI=1S/C22H27N3O5S/c1-16-6-8-20(9-7-16)31(28,29)25(18-4-3-5-19(14-18)30-2)15-21(26)24-12-10-17(11-13-24)22(23)27/h3-9,14,17H,10-13,15H2,1-2H3,(H2,23,27). The number of sulfonamides is 1. The molecule has 0 atom stereocenters. The first kappa shape index (κ1) is 22.6.